The molecule has 1 N–H and O–H groups in total. The number of benzene rings is 1. The number of nitrogens with one attached hydrogen (secondary N) is 1. The fraction of sp³-hybridized carbons (Fsp3) is 0.500. The number of aryl methyl sites for hydroxylation is 1. The Morgan fingerprint density at radius 2 is 2.18 bits per heavy atom. The SMILES string of the molecule is CCCCC(C)NC(=O)c1ccc(F)cc1C. The van der Waals surface area contributed by atoms with Gasteiger partial charge in [-0.3, -0.25) is 4.79 Å². The highest BCUT2D eigenvalue weighted by molar-refractivity contribution is 5.95. The Morgan fingerprint density at radius 3 is 2.76 bits per heavy atom. The number of amides is 1. The summed E-state index contributed by atoms with van der Waals surface area (Å²) in [6, 6.07) is 4.39. The van der Waals surface area contributed by atoms with Crippen LogP contribution in [0.4, 0.5) is 4.39 Å². The lowest BCUT2D eigenvalue weighted by Crippen LogP contribution is -2.32. The molecule has 0 radical (unpaired) electrons. The standard InChI is InChI=1S/C14H20FNO/c1-4-5-6-11(3)16-14(17)13-8-7-12(15)9-10(13)2/h7-9,11H,4-6H2,1-3H3,(H,16,17). The third-order valence-electron chi connectivity index (χ3n) is 2.80. The molecule has 0 aliphatic rings. The van der Waals surface area contributed by atoms with Crippen molar-refractivity contribution < 1.29 is 9.18 Å². The predicted molar refractivity (Wildman–Crippen MR) is 67.6 cm³/mol. The van der Waals surface area contributed by atoms with Gasteiger partial charge in [-0.1, -0.05) is 19.8 Å². The van der Waals surface area contributed by atoms with Crippen molar-refractivity contribution in [3.63, 3.8) is 0 Å². The van der Waals surface area contributed by atoms with E-state index >= 15 is 0 Å². The predicted octanol–water partition coefficient (Wildman–Crippen LogP) is 3.44. The molecule has 0 saturated carbocycles. The minimum absolute atomic E-state index is 0.119. The van der Waals surface area contributed by atoms with Crippen LogP contribution in [0.2, 0.25) is 0 Å². The van der Waals surface area contributed by atoms with E-state index in [9.17, 15) is 9.18 Å². The van der Waals surface area contributed by atoms with Crippen molar-refractivity contribution in [1.82, 2.24) is 5.32 Å². The first kappa shape index (κ1) is 13.7. The first-order valence-corrected chi connectivity index (χ1v) is 6.11. The summed E-state index contributed by atoms with van der Waals surface area (Å²) in [5.74, 6) is -0.427. The summed E-state index contributed by atoms with van der Waals surface area (Å²) in [6.45, 7) is 5.86. The Balaban J connectivity index is 2.63. The van der Waals surface area contributed by atoms with Gasteiger partial charge >= 0.3 is 0 Å². The van der Waals surface area contributed by atoms with Gasteiger partial charge in [-0.2, -0.15) is 0 Å². The van der Waals surface area contributed by atoms with Crippen molar-refractivity contribution >= 4 is 5.91 Å². The Morgan fingerprint density at radius 1 is 1.47 bits per heavy atom. The summed E-state index contributed by atoms with van der Waals surface area (Å²) in [7, 11) is 0. The first-order valence-electron chi connectivity index (χ1n) is 6.11. The van der Waals surface area contributed by atoms with Crippen LogP contribution in [0.3, 0.4) is 0 Å². The van der Waals surface area contributed by atoms with E-state index in [1.807, 2.05) is 6.92 Å². The average molecular weight is 237 g/mol. The van der Waals surface area contributed by atoms with Gasteiger partial charge in [0.25, 0.3) is 5.91 Å². The first-order chi connectivity index (χ1) is 8.04. The van der Waals surface area contributed by atoms with Crippen LogP contribution in [-0.2, 0) is 0 Å². The van der Waals surface area contributed by atoms with Gasteiger partial charge in [0.05, 0.1) is 0 Å². The molecule has 0 bridgehead atoms. The normalized spacial score (nSPS) is 12.2. The van der Waals surface area contributed by atoms with Gasteiger partial charge in [0, 0.05) is 11.6 Å². The summed E-state index contributed by atoms with van der Waals surface area (Å²) in [4.78, 5) is 11.9. The fourth-order valence-electron chi connectivity index (χ4n) is 1.77. The van der Waals surface area contributed by atoms with Crippen LogP contribution in [0.25, 0.3) is 0 Å². The van der Waals surface area contributed by atoms with Crippen molar-refractivity contribution in [3.05, 3.63) is 35.1 Å². The third-order valence-corrected chi connectivity index (χ3v) is 2.80. The number of hydrogen-bond donors (Lipinski definition) is 1. The molecule has 0 aromatic heterocycles. The zero-order valence-electron chi connectivity index (χ0n) is 10.7. The molecular formula is C14H20FNO. The molecule has 1 aromatic carbocycles. The minimum Gasteiger partial charge on any atom is -0.350 e. The molecule has 1 amide bonds. The molecule has 0 aliphatic carbocycles. The lowest BCUT2D eigenvalue weighted by Gasteiger charge is -2.14. The van der Waals surface area contributed by atoms with Crippen molar-refractivity contribution in [3.8, 4) is 0 Å². The highest BCUT2D eigenvalue weighted by Gasteiger charge is 2.12. The molecule has 3 heteroatoms. The number of rotatable bonds is 5. The number of unbranched alkanes of at least 4 members (excludes halogenated alkanes) is 1. The van der Waals surface area contributed by atoms with Gasteiger partial charge in [-0.25, -0.2) is 4.39 Å². The zero-order valence-corrected chi connectivity index (χ0v) is 10.7. The molecule has 1 aromatic rings. The number of halogens is 1. The third kappa shape index (κ3) is 4.17. The van der Waals surface area contributed by atoms with Crippen LogP contribution in [0.1, 0.15) is 49.0 Å². The maximum atomic E-state index is 12.9. The van der Waals surface area contributed by atoms with E-state index in [-0.39, 0.29) is 17.8 Å². The van der Waals surface area contributed by atoms with Gasteiger partial charge in [0.1, 0.15) is 5.82 Å². The van der Waals surface area contributed by atoms with Gasteiger partial charge in [-0.05, 0) is 44.0 Å². The van der Waals surface area contributed by atoms with Crippen molar-refractivity contribution in [2.75, 3.05) is 0 Å². The molecule has 1 unspecified atom stereocenters. The van der Waals surface area contributed by atoms with E-state index in [1.165, 1.54) is 18.2 Å². The Labute approximate surface area is 102 Å². The second kappa shape index (κ2) is 6.38. The lowest BCUT2D eigenvalue weighted by atomic mass is 10.1. The molecule has 1 rings (SSSR count). The van der Waals surface area contributed by atoms with Crippen LogP contribution in [0, 0.1) is 12.7 Å². The molecule has 17 heavy (non-hydrogen) atoms. The molecule has 2 nitrogen and oxygen atoms in total. The summed E-state index contributed by atoms with van der Waals surface area (Å²) < 4.78 is 12.9. The number of carbonyl (C=O) groups is 1. The molecule has 0 fully saturated rings. The van der Waals surface area contributed by atoms with Crippen molar-refractivity contribution in [1.29, 1.82) is 0 Å². The second-order valence-corrected chi connectivity index (χ2v) is 4.48. The van der Waals surface area contributed by atoms with E-state index in [0.29, 0.717) is 11.1 Å². The van der Waals surface area contributed by atoms with Crippen molar-refractivity contribution in [2.24, 2.45) is 0 Å². The highest BCUT2D eigenvalue weighted by Crippen LogP contribution is 2.10. The molecule has 0 aliphatic heterocycles. The van der Waals surface area contributed by atoms with Crippen LogP contribution in [0.5, 0.6) is 0 Å². The quantitative estimate of drug-likeness (QED) is 0.835. The zero-order chi connectivity index (χ0) is 12.8. The van der Waals surface area contributed by atoms with E-state index in [2.05, 4.69) is 12.2 Å². The van der Waals surface area contributed by atoms with Gasteiger partial charge in [0.15, 0.2) is 0 Å². The fourth-order valence-corrected chi connectivity index (χ4v) is 1.77. The van der Waals surface area contributed by atoms with Crippen LogP contribution >= 0.6 is 0 Å². The maximum Gasteiger partial charge on any atom is 0.251 e. The molecule has 0 heterocycles. The average Bonchev–Trinajstić information content (AvgIpc) is 2.26. The summed E-state index contributed by atoms with van der Waals surface area (Å²) in [6.07, 6.45) is 3.20. The number of carbonyl (C=O) groups excluding carboxylic acids is 1. The van der Waals surface area contributed by atoms with E-state index in [0.717, 1.165) is 19.3 Å². The summed E-state index contributed by atoms with van der Waals surface area (Å²) >= 11 is 0. The number of hydrogen-bond acceptors (Lipinski definition) is 1. The topological polar surface area (TPSA) is 29.1 Å². The minimum atomic E-state index is -0.307. The summed E-state index contributed by atoms with van der Waals surface area (Å²) in [5.41, 5.74) is 1.22. The maximum absolute atomic E-state index is 12.9. The van der Waals surface area contributed by atoms with Crippen LogP contribution in [0.15, 0.2) is 18.2 Å². The van der Waals surface area contributed by atoms with E-state index in [1.54, 1.807) is 6.92 Å². The Kier molecular flexibility index (Phi) is 5.13. The van der Waals surface area contributed by atoms with Crippen molar-refractivity contribution in [2.45, 2.75) is 46.1 Å². The van der Waals surface area contributed by atoms with Crippen LogP contribution < -0.4 is 5.32 Å². The molecule has 94 valence electrons. The van der Waals surface area contributed by atoms with Crippen LogP contribution in [-0.4, -0.2) is 11.9 Å². The molecular weight excluding hydrogens is 217 g/mol. The highest BCUT2D eigenvalue weighted by atomic mass is 19.1. The second-order valence-electron chi connectivity index (χ2n) is 4.48. The monoisotopic (exact) mass is 237 g/mol. The van der Waals surface area contributed by atoms with Gasteiger partial charge < -0.3 is 5.32 Å². The Hall–Kier alpha value is -1.38. The molecule has 0 spiro atoms. The summed E-state index contributed by atoms with van der Waals surface area (Å²) in [5, 5.41) is 2.93. The Bertz CT molecular complexity index is 390. The van der Waals surface area contributed by atoms with Gasteiger partial charge in [-0.15, -0.1) is 0 Å². The van der Waals surface area contributed by atoms with Gasteiger partial charge in [0.2, 0.25) is 0 Å². The lowest BCUT2D eigenvalue weighted by molar-refractivity contribution is 0.0937. The van der Waals surface area contributed by atoms with E-state index in [4.69, 9.17) is 0 Å². The molecule has 1 atom stereocenters. The molecule has 0 saturated heterocycles. The largest absolute Gasteiger partial charge is 0.350 e. The smallest absolute Gasteiger partial charge is 0.251 e. The van der Waals surface area contributed by atoms with E-state index < -0.39 is 0 Å².